The molecule has 7 heteroatoms. The summed E-state index contributed by atoms with van der Waals surface area (Å²) in [7, 11) is 0. The zero-order valence-electron chi connectivity index (χ0n) is 12.3. The summed E-state index contributed by atoms with van der Waals surface area (Å²) in [6.07, 6.45) is 4.38. The largest absolute Gasteiger partial charge is 0.481 e. The lowest BCUT2D eigenvalue weighted by Gasteiger charge is -2.29. The van der Waals surface area contributed by atoms with Gasteiger partial charge in [-0.3, -0.25) is 9.59 Å². The minimum absolute atomic E-state index is 0.130. The molecule has 1 unspecified atom stereocenters. The van der Waals surface area contributed by atoms with Crippen molar-refractivity contribution >= 4 is 29.6 Å². The lowest BCUT2D eigenvalue weighted by atomic mass is 9.98. The molecule has 2 aliphatic rings. The van der Waals surface area contributed by atoms with Gasteiger partial charge >= 0.3 is 5.97 Å². The van der Waals surface area contributed by atoms with Gasteiger partial charge in [-0.1, -0.05) is 11.6 Å². The molecule has 0 saturated carbocycles. The Balaban J connectivity index is 1.69. The second kappa shape index (κ2) is 6.50. The number of amides is 1. The SMILES string of the molecule is O=C(O)C1CCCN(C(=O)C=Cc2cc(Cl)c3c(c2)OCO3)C1. The fourth-order valence-corrected chi connectivity index (χ4v) is 3.01. The Morgan fingerprint density at radius 3 is 2.96 bits per heavy atom. The number of carbonyl (C=O) groups excluding carboxylic acids is 1. The maximum absolute atomic E-state index is 12.2. The predicted molar refractivity (Wildman–Crippen MR) is 83.5 cm³/mol. The van der Waals surface area contributed by atoms with Gasteiger partial charge in [-0.05, 0) is 36.6 Å². The van der Waals surface area contributed by atoms with Crippen molar-refractivity contribution in [2.45, 2.75) is 12.8 Å². The molecule has 2 heterocycles. The third kappa shape index (κ3) is 3.42. The number of ether oxygens (including phenoxy) is 2. The summed E-state index contributed by atoms with van der Waals surface area (Å²) in [5, 5.41) is 9.50. The fraction of sp³-hybridized carbons (Fsp3) is 0.375. The van der Waals surface area contributed by atoms with E-state index < -0.39 is 11.9 Å². The number of benzene rings is 1. The molecule has 1 aromatic carbocycles. The summed E-state index contributed by atoms with van der Waals surface area (Å²) in [6, 6.07) is 3.43. The molecule has 0 spiro atoms. The van der Waals surface area contributed by atoms with Crippen molar-refractivity contribution in [3.8, 4) is 11.5 Å². The third-order valence-electron chi connectivity index (χ3n) is 3.95. The summed E-state index contributed by atoms with van der Waals surface area (Å²) >= 11 is 6.09. The van der Waals surface area contributed by atoms with Crippen LogP contribution in [0.25, 0.3) is 6.08 Å². The smallest absolute Gasteiger partial charge is 0.308 e. The number of aliphatic carboxylic acids is 1. The molecule has 1 saturated heterocycles. The lowest BCUT2D eigenvalue weighted by molar-refractivity contribution is -0.144. The molecule has 1 atom stereocenters. The second-order valence-electron chi connectivity index (χ2n) is 5.53. The number of nitrogens with zero attached hydrogens (tertiary/aromatic N) is 1. The Morgan fingerprint density at radius 2 is 2.17 bits per heavy atom. The molecule has 0 aliphatic carbocycles. The van der Waals surface area contributed by atoms with E-state index >= 15 is 0 Å². The van der Waals surface area contributed by atoms with Gasteiger partial charge in [0.2, 0.25) is 12.7 Å². The van der Waals surface area contributed by atoms with Gasteiger partial charge in [0.05, 0.1) is 10.9 Å². The van der Waals surface area contributed by atoms with Crippen LogP contribution in [0.4, 0.5) is 0 Å². The van der Waals surface area contributed by atoms with Gasteiger partial charge in [0.1, 0.15) is 0 Å². The molecule has 0 radical (unpaired) electrons. The second-order valence-corrected chi connectivity index (χ2v) is 5.94. The van der Waals surface area contributed by atoms with Gasteiger partial charge in [-0.25, -0.2) is 0 Å². The van der Waals surface area contributed by atoms with E-state index in [1.165, 1.54) is 6.08 Å². The first kappa shape index (κ1) is 15.7. The zero-order chi connectivity index (χ0) is 16.4. The molecule has 1 aromatic rings. The van der Waals surface area contributed by atoms with Gasteiger partial charge in [0.25, 0.3) is 0 Å². The first-order chi connectivity index (χ1) is 11.0. The number of piperidine rings is 1. The first-order valence-electron chi connectivity index (χ1n) is 7.33. The molecule has 1 amide bonds. The number of hydrogen-bond acceptors (Lipinski definition) is 4. The van der Waals surface area contributed by atoms with Crippen LogP contribution in [0.1, 0.15) is 18.4 Å². The number of carbonyl (C=O) groups is 2. The van der Waals surface area contributed by atoms with Crippen molar-refractivity contribution < 1.29 is 24.2 Å². The minimum Gasteiger partial charge on any atom is -0.481 e. The molecule has 122 valence electrons. The fourth-order valence-electron chi connectivity index (χ4n) is 2.74. The van der Waals surface area contributed by atoms with Crippen LogP contribution in [0, 0.1) is 5.92 Å². The van der Waals surface area contributed by atoms with E-state index in [4.69, 9.17) is 26.2 Å². The highest BCUT2D eigenvalue weighted by Crippen LogP contribution is 2.40. The van der Waals surface area contributed by atoms with Crippen LogP contribution < -0.4 is 9.47 Å². The average molecular weight is 338 g/mol. The van der Waals surface area contributed by atoms with E-state index in [1.54, 1.807) is 23.1 Å². The molecule has 1 fully saturated rings. The highest BCUT2D eigenvalue weighted by molar-refractivity contribution is 6.32. The van der Waals surface area contributed by atoms with Crippen LogP contribution in [0.3, 0.4) is 0 Å². The molecule has 2 aliphatic heterocycles. The van der Waals surface area contributed by atoms with E-state index in [0.717, 1.165) is 5.56 Å². The van der Waals surface area contributed by atoms with Gasteiger partial charge in [0, 0.05) is 19.2 Å². The van der Waals surface area contributed by atoms with Crippen molar-refractivity contribution in [2.75, 3.05) is 19.9 Å². The molecule has 0 bridgehead atoms. The number of likely N-dealkylation sites (tertiary alicyclic amines) is 1. The van der Waals surface area contributed by atoms with Crippen molar-refractivity contribution in [3.63, 3.8) is 0 Å². The Morgan fingerprint density at radius 1 is 1.35 bits per heavy atom. The number of carboxylic acids is 1. The number of rotatable bonds is 3. The summed E-state index contributed by atoms with van der Waals surface area (Å²) in [5.41, 5.74) is 0.722. The molecule has 23 heavy (non-hydrogen) atoms. The van der Waals surface area contributed by atoms with Crippen molar-refractivity contribution in [1.29, 1.82) is 0 Å². The monoisotopic (exact) mass is 337 g/mol. The van der Waals surface area contributed by atoms with Gasteiger partial charge < -0.3 is 19.5 Å². The van der Waals surface area contributed by atoms with E-state index in [-0.39, 0.29) is 19.2 Å². The van der Waals surface area contributed by atoms with Crippen molar-refractivity contribution in [3.05, 3.63) is 28.8 Å². The maximum Gasteiger partial charge on any atom is 0.308 e. The first-order valence-corrected chi connectivity index (χ1v) is 7.71. The van der Waals surface area contributed by atoms with E-state index in [9.17, 15) is 9.59 Å². The van der Waals surface area contributed by atoms with Crippen LogP contribution in [0.5, 0.6) is 11.5 Å². The molecular weight excluding hydrogens is 322 g/mol. The number of hydrogen-bond donors (Lipinski definition) is 1. The normalized spacial score (nSPS) is 20.0. The van der Waals surface area contributed by atoms with Crippen LogP contribution in [-0.4, -0.2) is 41.8 Å². The summed E-state index contributed by atoms with van der Waals surface area (Å²) in [5.74, 6) is -0.483. The molecule has 0 aromatic heterocycles. The van der Waals surface area contributed by atoms with Crippen LogP contribution >= 0.6 is 11.6 Å². The highest BCUT2D eigenvalue weighted by Gasteiger charge is 2.27. The zero-order valence-corrected chi connectivity index (χ0v) is 13.1. The Bertz CT molecular complexity index is 673. The number of carboxylic acid groups (broad SMARTS) is 1. The molecular formula is C16H16ClNO5. The van der Waals surface area contributed by atoms with Gasteiger partial charge in [0.15, 0.2) is 11.5 Å². The lowest BCUT2D eigenvalue weighted by Crippen LogP contribution is -2.41. The van der Waals surface area contributed by atoms with Gasteiger partial charge in [-0.2, -0.15) is 0 Å². The van der Waals surface area contributed by atoms with Crippen LogP contribution in [0.2, 0.25) is 5.02 Å². The van der Waals surface area contributed by atoms with Crippen LogP contribution in [0.15, 0.2) is 18.2 Å². The van der Waals surface area contributed by atoms with Gasteiger partial charge in [-0.15, -0.1) is 0 Å². The predicted octanol–water partition coefficient (Wildman–Crippen LogP) is 2.41. The summed E-state index contributed by atoms with van der Waals surface area (Å²) in [6.45, 7) is 0.959. The maximum atomic E-state index is 12.2. The average Bonchev–Trinajstić information content (AvgIpc) is 3.02. The van der Waals surface area contributed by atoms with Crippen molar-refractivity contribution in [1.82, 2.24) is 4.90 Å². The minimum atomic E-state index is -0.853. The Labute approximate surface area is 138 Å². The highest BCUT2D eigenvalue weighted by atomic mass is 35.5. The van der Waals surface area contributed by atoms with Crippen LogP contribution in [-0.2, 0) is 9.59 Å². The Hall–Kier alpha value is -2.21. The quantitative estimate of drug-likeness (QED) is 0.857. The number of halogens is 1. The van der Waals surface area contributed by atoms with E-state index in [1.807, 2.05) is 0 Å². The third-order valence-corrected chi connectivity index (χ3v) is 4.23. The standard InChI is InChI=1S/C16H16ClNO5/c17-12-6-10(7-13-15(12)23-9-22-13)3-4-14(19)18-5-1-2-11(8-18)16(20)21/h3-4,6-7,11H,1-2,5,8-9H2,(H,20,21). The summed E-state index contributed by atoms with van der Waals surface area (Å²) < 4.78 is 10.5. The summed E-state index contributed by atoms with van der Waals surface area (Å²) in [4.78, 5) is 24.8. The number of fused-ring (bicyclic) bond motifs is 1. The van der Waals surface area contributed by atoms with E-state index in [0.29, 0.717) is 35.9 Å². The molecule has 6 nitrogen and oxygen atoms in total. The Kier molecular flexibility index (Phi) is 4.43. The molecule has 1 N–H and O–H groups in total. The van der Waals surface area contributed by atoms with E-state index in [2.05, 4.69) is 0 Å². The molecule has 3 rings (SSSR count). The van der Waals surface area contributed by atoms with Crippen molar-refractivity contribution in [2.24, 2.45) is 5.92 Å². The topological polar surface area (TPSA) is 76.1 Å².